The van der Waals surface area contributed by atoms with Crippen molar-refractivity contribution in [2.24, 2.45) is 0 Å². The minimum absolute atomic E-state index is 0.0579. The Labute approximate surface area is 183 Å². The van der Waals surface area contributed by atoms with Gasteiger partial charge in [0.25, 0.3) is 0 Å². The average molecular weight is 478 g/mol. The number of rotatable bonds is 6. The summed E-state index contributed by atoms with van der Waals surface area (Å²) in [5, 5.41) is 0. The van der Waals surface area contributed by atoms with E-state index in [0.29, 0.717) is 12.1 Å². The fourth-order valence-electron chi connectivity index (χ4n) is 2.63. The molecule has 0 aromatic heterocycles. The van der Waals surface area contributed by atoms with Gasteiger partial charge in [-0.1, -0.05) is 12.1 Å². The third-order valence-corrected chi connectivity index (χ3v) is 3.97. The number of carbonyl (C=O) groups is 3. The first kappa shape index (κ1) is 25.7. The Bertz CT molecular complexity index is 995. The first-order valence-corrected chi connectivity index (χ1v) is 9.07. The van der Waals surface area contributed by atoms with E-state index in [1.54, 1.807) is 0 Å². The molecule has 0 N–H and O–H groups in total. The SMILES string of the molecule is CC(=O)Oc1ccc(C(OC(C)=O)C(=O)OCc2cc(C(F)(F)F)cc(C(F)(F)F)c2)cc1. The van der Waals surface area contributed by atoms with Crippen LogP contribution in [0, 0.1) is 0 Å². The van der Waals surface area contributed by atoms with E-state index < -0.39 is 59.7 Å². The zero-order valence-corrected chi connectivity index (χ0v) is 17.0. The number of carbonyl (C=O) groups excluding carboxylic acids is 3. The maximum Gasteiger partial charge on any atom is 0.416 e. The number of hydrogen-bond donors (Lipinski definition) is 0. The highest BCUT2D eigenvalue weighted by Crippen LogP contribution is 2.36. The van der Waals surface area contributed by atoms with Crippen LogP contribution in [-0.4, -0.2) is 17.9 Å². The molecule has 0 spiro atoms. The molecule has 2 aromatic rings. The lowest BCUT2D eigenvalue weighted by molar-refractivity contribution is -0.168. The van der Waals surface area contributed by atoms with E-state index in [9.17, 15) is 40.7 Å². The third kappa shape index (κ3) is 7.51. The van der Waals surface area contributed by atoms with Crippen LogP contribution in [0.25, 0.3) is 0 Å². The van der Waals surface area contributed by atoms with Gasteiger partial charge in [0.1, 0.15) is 12.4 Å². The molecule has 0 aliphatic heterocycles. The highest BCUT2D eigenvalue weighted by Gasteiger charge is 2.37. The molecule has 0 saturated heterocycles. The maximum absolute atomic E-state index is 13.0. The molecular weight excluding hydrogens is 462 g/mol. The van der Waals surface area contributed by atoms with Crippen LogP contribution in [0.1, 0.15) is 42.2 Å². The van der Waals surface area contributed by atoms with Crippen LogP contribution in [0.3, 0.4) is 0 Å². The molecule has 178 valence electrons. The van der Waals surface area contributed by atoms with Crippen molar-refractivity contribution >= 4 is 17.9 Å². The molecular formula is C21H16F6O6. The van der Waals surface area contributed by atoms with Crippen LogP contribution < -0.4 is 4.74 Å². The van der Waals surface area contributed by atoms with Gasteiger partial charge in [-0.25, -0.2) is 4.79 Å². The van der Waals surface area contributed by atoms with Gasteiger partial charge in [-0.15, -0.1) is 0 Å². The zero-order chi connectivity index (χ0) is 25.0. The molecule has 0 heterocycles. The van der Waals surface area contributed by atoms with Gasteiger partial charge in [0, 0.05) is 19.4 Å². The van der Waals surface area contributed by atoms with Crippen molar-refractivity contribution in [2.75, 3.05) is 0 Å². The van der Waals surface area contributed by atoms with E-state index in [0.717, 1.165) is 13.8 Å². The van der Waals surface area contributed by atoms with Crippen molar-refractivity contribution in [1.29, 1.82) is 0 Å². The average Bonchev–Trinajstić information content (AvgIpc) is 2.69. The van der Waals surface area contributed by atoms with Crippen molar-refractivity contribution in [3.8, 4) is 5.75 Å². The second kappa shape index (κ2) is 9.92. The normalized spacial score (nSPS) is 12.6. The molecule has 0 bridgehead atoms. The molecule has 0 radical (unpaired) electrons. The lowest BCUT2D eigenvalue weighted by Crippen LogP contribution is -2.21. The summed E-state index contributed by atoms with van der Waals surface area (Å²) < 4.78 is 92.4. The Kier molecular flexibility index (Phi) is 7.72. The summed E-state index contributed by atoms with van der Waals surface area (Å²) in [6.07, 6.45) is -11.8. The zero-order valence-electron chi connectivity index (χ0n) is 17.0. The van der Waals surface area contributed by atoms with Crippen LogP contribution >= 0.6 is 0 Å². The van der Waals surface area contributed by atoms with Crippen molar-refractivity contribution in [2.45, 2.75) is 38.9 Å². The molecule has 12 heteroatoms. The van der Waals surface area contributed by atoms with Crippen molar-refractivity contribution in [3.63, 3.8) is 0 Å². The second-order valence-electron chi connectivity index (χ2n) is 6.67. The Morgan fingerprint density at radius 3 is 1.76 bits per heavy atom. The highest BCUT2D eigenvalue weighted by atomic mass is 19.4. The van der Waals surface area contributed by atoms with Crippen molar-refractivity contribution in [1.82, 2.24) is 0 Å². The fraction of sp³-hybridized carbons (Fsp3) is 0.286. The van der Waals surface area contributed by atoms with Crippen LogP contribution in [0.5, 0.6) is 5.75 Å². The molecule has 0 aliphatic carbocycles. The number of ether oxygens (including phenoxy) is 3. The number of alkyl halides is 6. The number of hydrogen-bond acceptors (Lipinski definition) is 6. The monoisotopic (exact) mass is 478 g/mol. The van der Waals surface area contributed by atoms with Crippen molar-refractivity contribution < 1.29 is 54.9 Å². The number of halogens is 6. The number of esters is 3. The largest absolute Gasteiger partial charge is 0.458 e. The molecule has 1 atom stereocenters. The van der Waals surface area contributed by atoms with Gasteiger partial charge in [0.05, 0.1) is 11.1 Å². The van der Waals surface area contributed by atoms with Crippen LogP contribution in [0.2, 0.25) is 0 Å². The van der Waals surface area contributed by atoms with Gasteiger partial charge in [0.2, 0.25) is 6.10 Å². The van der Waals surface area contributed by atoms with Gasteiger partial charge < -0.3 is 14.2 Å². The summed E-state index contributed by atoms with van der Waals surface area (Å²) in [6, 6.07) is 5.86. The predicted molar refractivity (Wildman–Crippen MR) is 98.5 cm³/mol. The predicted octanol–water partition coefficient (Wildman–Crippen LogP) is 5.00. The first-order valence-electron chi connectivity index (χ1n) is 9.07. The Morgan fingerprint density at radius 2 is 1.33 bits per heavy atom. The Balaban J connectivity index is 2.26. The van der Waals surface area contributed by atoms with Gasteiger partial charge in [-0.3, -0.25) is 9.59 Å². The molecule has 2 aromatic carbocycles. The lowest BCUT2D eigenvalue weighted by Gasteiger charge is -2.18. The third-order valence-electron chi connectivity index (χ3n) is 3.97. The Morgan fingerprint density at radius 1 is 0.818 bits per heavy atom. The highest BCUT2D eigenvalue weighted by molar-refractivity contribution is 5.80. The first-order chi connectivity index (χ1) is 15.2. The van der Waals surface area contributed by atoms with Crippen molar-refractivity contribution in [3.05, 3.63) is 64.7 Å². The van der Waals surface area contributed by atoms with E-state index in [1.807, 2.05) is 0 Å². The maximum atomic E-state index is 13.0. The molecule has 0 aliphatic rings. The summed E-state index contributed by atoms with van der Waals surface area (Å²) >= 11 is 0. The number of benzene rings is 2. The summed E-state index contributed by atoms with van der Waals surface area (Å²) in [6.45, 7) is 1.19. The minimum Gasteiger partial charge on any atom is -0.458 e. The van der Waals surface area contributed by atoms with E-state index >= 15 is 0 Å². The minimum atomic E-state index is -5.07. The molecule has 33 heavy (non-hydrogen) atoms. The smallest absolute Gasteiger partial charge is 0.416 e. The standard InChI is InChI=1S/C21H16F6O6/c1-11(28)32-17-5-3-14(4-6-17)18(33-12(2)29)19(30)31-10-13-7-15(20(22,23)24)9-16(8-13)21(25,26)27/h3-9,18H,10H2,1-2H3. The van der Waals surface area contributed by atoms with E-state index in [2.05, 4.69) is 0 Å². The van der Waals surface area contributed by atoms with Gasteiger partial charge in [-0.2, -0.15) is 26.3 Å². The lowest BCUT2D eigenvalue weighted by atomic mass is 10.1. The van der Waals surface area contributed by atoms with Crippen LogP contribution in [0.15, 0.2) is 42.5 Å². The van der Waals surface area contributed by atoms with Gasteiger partial charge in [-0.05, 0) is 35.9 Å². The molecule has 0 saturated carbocycles. The molecule has 0 fully saturated rings. The molecule has 2 rings (SSSR count). The Hall–Kier alpha value is -3.57. The summed E-state index contributed by atoms with van der Waals surface area (Å²) in [7, 11) is 0. The van der Waals surface area contributed by atoms with Gasteiger partial charge >= 0.3 is 30.3 Å². The fourth-order valence-corrected chi connectivity index (χ4v) is 2.63. The van der Waals surface area contributed by atoms with Gasteiger partial charge in [0.15, 0.2) is 0 Å². The molecule has 0 amide bonds. The van der Waals surface area contributed by atoms with Crippen LogP contribution in [-0.2, 0) is 42.8 Å². The molecule has 1 unspecified atom stereocenters. The topological polar surface area (TPSA) is 78.9 Å². The molecule has 6 nitrogen and oxygen atoms in total. The second-order valence-corrected chi connectivity index (χ2v) is 6.67. The van der Waals surface area contributed by atoms with E-state index in [4.69, 9.17) is 14.2 Å². The summed E-state index contributed by atoms with van der Waals surface area (Å²) in [4.78, 5) is 34.8. The van der Waals surface area contributed by atoms with E-state index in [-0.39, 0.29) is 17.4 Å². The summed E-state index contributed by atoms with van der Waals surface area (Å²) in [5.41, 5.74) is -3.65. The summed E-state index contributed by atoms with van der Waals surface area (Å²) in [5.74, 6) is -2.64. The van der Waals surface area contributed by atoms with E-state index in [1.165, 1.54) is 24.3 Å². The quantitative estimate of drug-likeness (QED) is 0.331. The van der Waals surface area contributed by atoms with Crippen LogP contribution in [0.4, 0.5) is 26.3 Å².